The topological polar surface area (TPSA) is 61.8 Å². The van der Waals surface area contributed by atoms with E-state index in [1.54, 1.807) is 0 Å². The van der Waals surface area contributed by atoms with Crippen molar-refractivity contribution in [2.45, 2.75) is 12.8 Å². The number of hydrogen-bond acceptors (Lipinski definition) is 5. The van der Waals surface area contributed by atoms with Gasteiger partial charge in [-0.25, -0.2) is 4.79 Å². The van der Waals surface area contributed by atoms with Gasteiger partial charge in [-0.2, -0.15) is 4.89 Å². The van der Waals surface area contributed by atoms with Gasteiger partial charge >= 0.3 is 11.9 Å². The first kappa shape index (κ1) is 9.90. The van der Waals surface area contributed by atoms with Crippen LogP contribution in [0.4, 0.5) is 0 Å². The molecule has 0 aromatic heterocycles. The SMILES string of the molecule is COOC(=O)CCC(=O)OC. The Morgan fingerprint density at radius 3 is 2.09 bits per heavy atom. The zero-order valence-corrected chi connectivity index (χ0v) is 6.46. The normalized spacial score (nSPS) is 8.91. The van der Waals surface area contributed by atoms with Crippen LogP contribution in [-0.4, -0.2) is 26.2 Å². The molecule has 64 valence electrons. The molecule has 0 saturated carbocycles. The summed E-state index contributed by atoms with van der Waals surface area (Å²) in [6.07, 6.45) is -0.0147. The van der Waals surface area contributed by atoms with E-state index in [0.29, 0.717) is 0 Å². The van der Waals surface area contributed by atoms with Crippen molar-refractivity contribution in [1.82, 2.24) is 0 Å². The molecule has 11 heavy (non-hydrogen) atoms. The summed E-state index contributed by atoms with van der Waals surface area (Å²) >= 11 is 0. The summed E-state index contributed by atoms with van der Waals surface area (Å²) in [5, 5.41) is 0. The predicted octanol–water partition coefficient (Wildman–Crippen LogP) is 0.0442. The van der Waals surface area contributed by atoms with E-state index in [0.717, 1.165) is 0 Å². The third-order valence-electron chi connectivity index (χ3n) is 0.937. The Kier molecular flexibility index (Phi) is 5.10. The van der Waals surface area contributed by atoms with E-state index in [2.05, 4.69) is 14.5 Å². The van der Waals surface area contributed by atoms with Crippen LogP contribution < -0.4 is 0 Å². The van der Waals surface area contributed by atoms with E-state index >= 15 is 0 Å². The highest BCUT2D eigenvalue weighted by molar-refractivity contribution is 5.77. The molecule has 0 unspecified atom stereocenters. The van der Waals surface area contributed by atoms with Crippen LogP contribution >= 0.6 is 0 Å². The van der Waals surface area contributed by atoms with Gasteiger partial charge in [-0.15, -0.1) is 0 Å². The van der Waals surface area contributed by atoms with Crippen molar-refractivity contribution in [3.05, 3.63) is 0 Å². The van der Waals surface area contributed by atoms with Gasteiger partial charge in [0, 0.05) is 0 Å². The zero-order valence-electron chi connectivity index (χ0n) is 6.46. The molecule has 5 heteroatoms. The van der Waals surface area contributed by atoms with E-state index in [4.69, 9.17) is 0 Å². The van der Waals surface area contributed by atoms with Crippen LogP contribution in [0.5, 0.6) is 0 Å². The van der Waals surface area contributed by atoms with Crippen molar-refractivity contribution in [2.24, 2.45) is 0 Å². The second-order valence-electron chi connectivity index (χ2n) is 1.70. The van der Waals surface area contributed by atoms with Crippen LogP contribution in [0.2, 0.25) is 0 Å². The predicted molar refractivity (Wildman–Crippen MR) is 34.4 cm³/mol. The summed E-state index contributed by atoms with van der Waals surface area (Å²) in [7, 11) is 2.47. The number of carbonyl (C=O) groups is 2. The van der Waals surface area contributed by atoms with Crippen LogP contribution in [0.3, 0.4) is 0 Å². The van der Waals surface area contributed by atoms with Crippen molar-refractivity contribution in [3.63, 3.8) is 0 Å². The van der Waals surface area contributed by atoms with Crippen molar-refractivity contribution >= 4 is 11.9 Å². The number of rotatable bonds is 4. The lowest BCUT2D eigenvalue weighted by Gasteiger charge is -1.97. The van der Waals surface area contributed by atoms with Gasteiger partial charge in [-0.05, 0) is 0 Å². The van der Waals surface area contributed by atoms with Crippen molar-refractivity contribution in [3.8, 4) is 0 Å². The quantitative estimate of drug-likeness (QED) is 0.332. The van der Waals surface area contributed by atoms with E-state index in [1.807, 2.05) is 0 Å². The fraction of sp³-hybridized carbons (Fsp3) is 0.667. The fourth-order valence-corrected chi connectivity index (χ4v) is 0.441. The van der Waals surface area contributed by atoms with Gasteiger partial charge in [0.15, 0.2) is 0 Å². The van der Waals surface area contributed by atoms with Gasteiger partial charge in [0.05, 0.1) is 27.1 Å². The lowest BCUT2D eigenvalue weighted by atomic mass is 10.3. The molecular weight excluding hydrogens is 152 g/mol. The maximum absolute atomic E-state index is 10.5. The highest BCUT2D eigenvalue weighted by Gasteiger charge is 2.07. The molecule has 0 heterocycles. The van der Waals surface area contributed by atoms with Gasteiger partial charge in [-0.1, -0.05) is 0 Å². The molecule has 0 aliphatic carbocycles. The second-order valence-corrected chi connectivity index (χ2v) is 1.70. The molecular formula is C6H10O5. The molecule has 0 bridgehead atoms. The lowest BCUT2D eigenvalue weighted by Crippen LogP contribution is -2.07. The van der Waals surface area contributed by atoms with Crippen LogP contribution in [0.25, 0.3) is 0 Å². The summed E-state index contributed by atoms with van der Waals surface area (Å²) in [6.45, 7) is 0. The molecule has 0 aromatic rings. The molecule has 0 rings (SSSR count). The van der Waals surface area contributed by atoms with Gasteiger partial charge in [-0.3, -0.25) is 9.68 Å². The third-order valence-corrected chi connectivity index (χ3v) is 0.937. The molecule has 0 spiro atoms. The van der Waals surface area contributed by atoms with E-state index in [-0.39, 0.29) is 12.8 Å². The van der Waals surface area contributed by atoms with Crippen LogP contribution in [0.15, 0.2) is 0 Å². The minimum Gasteiger partial charge on any atom is -0.469 e. The van der Waals surface area contributed by atoms with E-state index < -0.39 is 11.9 Å². The summed E-state index contributed by atoms with van der Waals surface area (Å²) in [4.78, 5) is 29.1. The Bertz CT molecular complexity index is 142. The molecule has 0 fully saturated rings. The Hall–Kier alpha value is -1.10. The number of carbonyl (C=O) groups excluding carboxylic acids is 2. The molecule has 0 atom stereocenters. The highest BCUT2D eigenvalue weighted by atomic mass is 17.2. The van der Waals surface area contributed by atoms with Crippen LogP contribution in [-0.2, 0) is 24.1 Å². The Morgan fingerprint density at radius 2 is 1.64 bits per heavy atom. The Balaban J connectivity index is 3.38. The molecule has 0 amide bonds. The number of ether oxygens (including phenoxy) is 1. The zero-order chi connectivity index (χ0) is 8.69. The molecule has 5 nitrogen and oxygen atoms in total. The van der Waals surface area contributed by atoms with Gasteiger partial charge in [0.1, 0.15) is 0 Å². The second kappa shape index (κ2) is 5.67. The summed E-state index contributed by atoms with van der Waals surface area (Å²) < 4.78 is 4.29. The lowest BCUT2D eigenvalue weighted by molar-refractivity contribution is -0.255. The summed E-state index contributed by atoms with van der Waals surface area (Å²) in [5.74, 6) is -1.03. The smallest absolute Gasteiger partial charge is 0.342 e. The van der Waals surface area contributed by atoms with E-state index in [1.165, 1.54) is 14.2 Å². The highest BCUT2D eigenvalue weighted by Crippen LogP contribution is 1.94. The summed E-state index contributed by atoms with van der Waals surface area (Å²) in [5.41, 5.74) is 0. The third kappa shape index (κ3) is 5.35. The molecule has 0 radical (unpaired) electrons. The molecule has 0 N–H and O–H groups in total. The first-order valence-corrected chi connectivity index (χ1v) is 3.01. The first-order valence-electron chi connectivity index (χ1n) is 3.01. The van der Waals surface area contributed by atoms with E-state index in [9.17, 15) is 9.59 Å². The fourth-order valence-electron chi connectivity index (χ4n) is 0.441. The minimum absolute atomic E-state index is 0.0126. The average molecular weight is 162 g/mol. The maximum atomic E-state index is 10.5. The van der Waals surface area contributed by atoms with Crippen LogP contribution in [0, 0.1) is 0 Å². The molecule has 0 aromatic carbocycles. The largest absolute Gasteiger partial charge is 0.469 e. The standard InChI is InChI=1S/C6H10O5/c1-9-5(7)3-4-6(8)11-10-2/h3-4H2,1-2H3. The minimum atomic E-state index is -0.585. The Labute approximate surface area is 64.2 Å². The molecule has 0 aliphatic rings. The number of esters is 1. The number of methoxy groups -OCH3 is 1. The van der Waals surface area contributed by atoms with Gasteiger partial charge < -0.3 is 4.74 Å². The van der Waals surface area contributed by atoms with Crippen molar-refractivity contribution in [1.29, 1.82) is 0 Å². The van der Waals surface area contributed by atoms with Crippen molar-refractivity contribution < 1.29 is 24.1 Å². The van der Waals surface area contributed by atoms with Crippen molar-refractivity contribution in [2.75, 3.05) is 14.2 Å². The Morgan fingerprint density at radius 1 is 1.09 bits per heavy atom. The van der Waals surface area contributed by atoms with Gasteiger partial charge in [0.25, 0.3) is 0 Å². The average Bonchev–Trinajstić information content (AvgIpc) is 2.01. The first-order chi connectivity index (χ1) is 5.20. The van der Waals surface area contributed by atoms with Gasteiger partial charge in [0.2, 0.25) is 0 Å². The monoisotopic (exact) mass is 162 g/mol. The number of hydrogen-bond donors (Lipinski definition) is 0. The molecule has 0 saturated heterocycles. The maximum Gasteiger partial charge on any atom is 0.342 e. The molecule has 0 aliphatic heterocycles. The summed E-state index contributed by atoms with van der Waals surface area (Å²) in [6, 6.07) is 0. The van der Waals surface area contributed by atoms with Crippen LogP contribution in [0.1, 0.15) is 12.8 Å².